The van der Waals surface area contributed by atoms with Crippen molar-refractivity contribution in [1.29, 1.82) is 0 Å². The number of hydrogen-bond donors (Lipinski definition) is 0. The van der Waals surface area contributed by atoms with Gasteiger partial charge in [-0.15, -0.1) is 9.97 Å². The second kappa shape index (κ2) is 20.7. The molecule has 0 radical (unpaired) electrons. The highest BCUT2D eigenvalue weighted by molar-refractivity contribution is 5.80. The molecular formula is C34H16F36N8O4. The Morgan fingerprint density at radius 3 is 0.634 bits per heavy atom. The Morgan fingerprint density at radius 1 is 0.280 bits per heavy atom. The first-order chi connectivity index (χ1) is 36.2. The second-order valence-electron chi connectivity index (χ2n) is 15.8. The average Bonchev–Trinajstić information content (AvgIpc) is 3.45. The normalized spacial score (nSPS) is 15.9. The fraction of sp³-hybridized carbons (Fsp3) is 0.647. The molecule has 1 aromatic carbocycles. The first-order valence-electron chi connectivity index (χ1n) is 19.7. The van der Waals surface area contributed by atoms with E-state index in [-0.39, 0.29) is 9.80 Å². The third-order valence-corrected chi connectivity index (χ3v) is 10.0. The van der Waals surface area contributed by atoms with Crippen LogP contribution in [0, 0.1) is 0 Å². The molecule has 0 spiro atoms. The highest BCUT2D eigenvalue weighted by atomic mass is 19.5. The topological polar surface area (TPSA) is 121 Å². The van der Waals surface area contributed by atoms with Crippen molar-refractivity contribution in [2.45, 2.75) is 95.8 Å². The molecule has 0 atom stereocenters. The molecule has 48 heteroatoms. The molecule has 0 amide bonds. The van der Waals surface area contributed by atoms with E-state index in [1.165, 1.54) is 0 Å². The summed E-state index contributed by atoms with van der Waals surface area (Å²) in [5.74, 6) is -91.7. The molecule has 12 nitrogen and oxygen atoms in total. The molecule has 0 bridgehead atoms. The molecule has 1 aliphatic rings. The molecule has 3 aromatic rings. The minimum absolute atomic E-state index is 0.227. The lowest BCUT2D eigenvalue weighted by Gasteiger charge is -2.36. The number of alkyl halides is 36. The lowest BCUT2D eigenvalue weighted by molar-refractivity contribution is -0.398. The third kappa shape index (κ3) is 11.7. The standard InChI is InChI=1S/C34H16F36N8O4/c35-19(36,23(43,44)27(51,52)31(59,60)61)7-79-15-71-13(72-16(75-15)80-8-20(37,38)24(45,46)28(53,54)32(62,63)64)77-5-6-78(12-4-2-1-3-11(12)77)14-73-17(81-9-21(39,40)25(47,48)29(55,56)33(65,66)67)76-18(74-14)82-10-22(41,42)26(49,50)30(57,58)34(68,69)70/h1-4H,5-10H2. The van der Waals surface area contributed by atoms with Gasteiger partial charge in [-0.1, -0.05) is 12.1 Å². The third-order valence-electron chi connectivity index (χ3n) is 10.0. The van der Waals surface area contributed by atoms with E-state index in [4.69, 9.17) is 0 Å². The maximum atomic E-state index is 14.4. The first-order valence-corrected chi connectivity index (χ1v) is 19.7. The minimum atomic E-state index is -7.69. The fourth-order valence-corrected chi connectivity index (χ4v) is 5.55. The van der Waals surface area contributed by atoms with Gasteiger partial charge in [-0.2, -0.15) is 178 Å². The van der Waals surface area contributed by atoms with E-state index in [0.29, 0.717) is 12.1 Å². The quantitative estimate of drug-likeness (QED) is 0.0891. The molecule has 0 saturated heterocycles. The van der Waals surface area contributed by atoms with Gasteiger partial charge < -0.3 is 28.7 Å². The van der Waals surface area contributed by atoms with Crippen molar-refractivity contribution in [3.63, 3.8) is 0 Å². The Bertz CT molecular complexity index is 2420. The van der Waals surface area contributed by atoms with Gasteiger partial charge >= 0.3 is 120 Å². The Kier molecular flexibility index (Phi) is 17.2. The molecule has 0 fully saturated rings. The summed E-state index contributed by atoms with van der Waals surface area (Å²) in [6.45, 7) is -16.8. The summed E-state index contributed by atoms with van der Waals surface area (Å²) >= 11 is 0. The Labute approximate surface area is 424 Å². The van der Waals surface area contributed by atoms with Crippen LogP contribution in [0.25, 0.3) is 0 Å². The van der Waals surface area contributed by atoms with E-state index < -0.39 is 183 Å². The molecule has 4 rings (SSSR count). The van der Waals surface area contributed by atoms with Crippen LogP contribution in [-0.4, -0.2) is 165 Å². The van der Waals surface area contributed by atoms with Gasteiger partial charge in [-0.3, -0.25) is 0 Å². The number of hydrogen-bond acceptors (Lipinski definition) is 12. The van der Waals surface area contributed by atoms with E-state index in [1.807, 2.05) is 0 Å². The summed E-state index contributed by atoms with van der Waals surface area (Å²) < 4.78 is 504. The zero-order chi connectivity index (χ0) is 63.9. The Morgan fingerprint density at radius 2 is 0.463 bits per heavy atom. The average molecular weight is 1280 g/mol. The smallest absolute Gasteiger partial charge is 0.457 e. The van der Waals surface area contributed by atoms with Crippen LogP contribution in [0.1, 0.15) is 0 Å². The molecule has 0 unspecified atom stereocenters. The van der Waals surface area contributed by atoms with Crippen LogP contribution < -0.4 is 28.7 Å². The van der Waals surface area contributed by atoms with Gasteiger partial charge in [0, 0.05) is 13.1 Å². The maximum Gasteiger partial charge on any atom is 0.460 e. The Hall–Kier alpha value is -6.48. The number of nitrogens with zero attached hydrogens (tertiary/aromatic N) is 8. The molecule has 2 aromatic heterocycles. The predicted molar refractivity (Wildman–Crippen MR) is 186 cm³/mol. The number of anilines is 4. The van der Waals surface area contributed by atoms with Crippen LogP contribution in [0.5, 0.6) is 24.0 Å². The minimum Gasteiger partial charge on any atom is -0.457 e. The molecule has 82 heavy (non-hydrogen) atoms. The number of fused-ring (bicyclic) bond motifs is 1. The predicted octanol–water partition coefficient (Wildman–Crippen LogP) is 12.7. The maximum absolute atomic E-state index is 14.4. The molecule has 468 valence electrons. The van der Waals surface area contributed by atoms with Crippen LogP contribution >= 0.6 is 0 Å². The summed E-state index contributed by atoms with van der Waals surface area (Å²) in [5, 5.41) is 0. The summed E-state index contributed by atoms with van der Waals surface area (Å²) in [6.07, 6.45) is -30.1. The molecule has 0 aliphatic carbocycles. The van der Waals surface area contributed by atoms with Crippen molar-refractivity contribution in [2.24, 2.45) is 0 Å². The van der Waals surface area contributed by atoms with Crippen LogP contribution in [0.4, 0.5) is 181 Å². The van der Waals surface area contributed by atoms with Gasteiger partial charge in [-0.25, -0.2) is 0 Å². The van der Waals surface area contributed by atoms with E-state index in [2.05, 4.69) is 48.9 Å². The first kappa shape index (κ1) is 68.0. The molecule has 1 aliphatic heterocycles. The lowest BCUT2D eigenvalue weighted by atomic mass is 10.0. The molecule has 0 N–H and O–H groups in total. The van der Waals surface area contributed by atoms with Crippen LogP contribution in [0.2, 0.25) is 0 Å². The zero-order valence-electron chi connectivity index (χ0n) is 37.4. The van der Waals surface area contributed by atoms with E-state index in [1.54, 1.807) is 0 Å². The van der Waals surface area contributed by atoms with Gasteiger partial charge in [0.25, 0.3) is 0 Å². The van der Waals surface area contributed by atoms with Crippen molar-refractivity contribution in [3.8, 4) is 24.0 Å². The van der Waals surface area contributed by atoms with Crippen LogP contribution in [0.15, 0.2) is 24.3 Å². The van der Waals surface area contributed by atoms with Crippen molar-refractivity contribution in [2.75, 3.05) is 49.3 Å². The summed E-state index contributed by atoms with van der Waals surface area (Å²) in [4.78, 5) is 17.8. The van der Waals surface area contributed by atoms with Gasteiger partial charge in [0.05, 0.1) is 11.4 Å². The SMILES string of the molecule is FC(F)(F)C(F)(F)C(F)(F)C(F)(F)COc1nc(OCC(F)(F)C(F)(F)C(F)(F)C(F)(F)F)nc(N2CCN(c3nc(OCC(F)(F)C(F)(F)C(F)(F)C(F)(F)F)nc(OCC(F)(F)C(F)(F)C(F)(F)C(F)(F)F)n3)c3ccccc32)n1. The molecular weight excluding hydrogens is 1270 g/mol. The second-order valence-corrected chi connectivity index (χ2v) is 15.8. The number of aromatic nitrogens is 6. The largest absolute Gasteiger partial charge is 0.460 e. The summed E-state index contributed by atoms with van der Waals surface area (Å²) in [6, 6.07) is -6.63. The number of benzene rings is 1. The van der Waals surface area contributed by atoms with Crippen LogP contribution in [-0.2, 0) is 0 Å². The summed E-state index contributed by atoms with van der Waals surface area (Å²) in [5.41, 5.74) is -1.88. The van der Waals surface area contributed by atoms with Crippen molar-refractivity contribution >= 4 is 23.3 Å². The van der Waals surface area contributed by atoms with E-state index in [0.717, 1.165) is 12.1 Å². The number of halogens is 36. The number of rotatable bonds is 22. The van der Waals surface area contributed by atoms with Gasteiger partial charge in [0.2, 0.25) is 11.9 Å². The molecule has 3 heterocycles. The zero-order valence-corrected chi connectivity index (χ0v) is 37.4. The van der Waals surface area contributed by atoms with Crippen LogP contribution in [0.3, 0.4) is 0 Å². The van der Waals surface area contributed by atoms with E-state index >= 15 is 0 Å². The monoisotopic (exact) mass is 1280 g/mol. The van der Waals surface area contributed by atoms with Crippen molar-refractivity contribution in [3.05, 3.63) is 24.3 Å². The Balaban J connectivity index is 1.90. The highest BCUT2D eigenvalue weighted by Gasteiger charge is 2.85. The van der Waals surface area contributed by atoms with Crippen molar-refractivity contribution in [1.82, 2.24) is 29.9 Å². The number of ether oxygens (including phenoxy) is 4. The lowest BCUT2D eigenvalue weighted by Crippen LogP contribution is -2.62. The van der Waals surface area contributed by atoms with Crippen molar-refractivity contribution < 1.29 is 177 Å². The van der Waals surface area contributed by atoms with Gasteiger partial charge in [0.1, 0.15) is 0 Å². The summed E-state index contributed by atoms with van der Waals surface area (Å²) in [7, 11) is 0. The highest BCUT2D eigenvalue weighted by Crippen LogP contribution is 2.57. The van der Waals surface area contributed by atoms with Gasteiger partial charge in [0.15, 0.2) is 26.4 Å². The van der Waals surface area contributed by atoms with E-state index in [9.17, 15) is 158 Å². The van der Waals surface area contributed by atoms with Gasteiger partial charge in [-0.05, 0) is 12.1 Å². The fourth-order valence-electron chi connectivity index (χ4n) is 5.55. The number of para-hydroxylation sites is 2. The molecule has 0 saturated carbocycles.